The number of halogens is 4. The van der Waals surface area contributed by atoms with Gasteiger partial charge in [0.1, 0.15) is 18.8 Å². The van der Waals surface area contributed by atoms with Gasteiger partial charge in [0.2, 0.25) is 11.8 Å². The first-order valence-corrected chi connectivity index (χ1v) is 36.3. The van der Waals surface area contributed by atoms with E-state index in [1.807, 2.05) is 109 Å². The zero-order valence-electron chi connectivity index (χ0n) is 55.6. The number of pyridine rings is 2. The molecule has 0 spiro atoms. The summed E-state index contributed by atoms with van der Waals surface area (Å²) in [6, 6.07) is 30.8. The molecule has 0 aliphatic heterocycles. The first-order valence-electron chi connectivity index (χ1n) is 31.8. The number of ether oxygens (including phenoxy) is 1. The number of alkyl halides is 2. The number of aromatic nitrogens is 6. The summed E-state index contributed by atoms with van der Waals surface area (Å²) in [5.74, 6) is -3.87. The standard InChI is InChI=1S/C39H49ClFN5O4Si.C33H35ClFN5O3/c1-24(2)45-22-30(12-16-34(45)47)29-11-15-33(40)32(21-29)25(3)36(43-38(49)39(41)17-18-39)37(48)42-31-13-9-28(10-14-31)35-26(4)44-46(27(35)5)23-50-19-20-51(6,7)8;1-18(2)40-17-24(9-13-28(40)41)23-8-12-27(34)26(16-23)19(3)30(37-32(43)33(35)14-15-33)31(42)36-25-10-6-22(7-11-25)29-20(4)38-39-21(29)5/h9-16,21-22,24-25,36H,17-20,23H2,1-8H3,(H,42,48)(H,43,49);6-13,16-19,30H,14-15H2,1-5H3,(H,36,42)(H,37,43)(H,38,39)/t25?,36-;19?,30-/m00/s1. The lowest BCUT2D eigenvalue weighted by molar-refractivity contribution is -0.131. The topological polar surface area (TPSA) is 216 Å². The predicted molar refractivity (Wildman–Crippen MR) is 372 cm³/mol. The van der Waals surface area contributed by atoms with Crippen molar-refractivity contribution in [2.24, 2.45) is 0 Å². The van der Waals surface area contributed by atoms with Gasteiger partial charge in [-0.3, -0.25) is 33.9 Å². The van der Waals surface area contributed by atoms with E-state index in [1.54, 1.807) is 83.9 Å². The second-order valence-electron chi connectivity index (χ2n) is 26.7. The number of carbonyl (C=O) groups is 4. The zero-order chi connectivity index (χ0) is 68.3. The van der Waals surface area contributed by atoms with E-state index < -0.39 is 67.0 Å². The third-order valence-electron chi connectivity index (χ3n) is 17.6. The Kier molecular flexibility index (Phi) is 21.4. The van der Waals surface area contributed by atoms with Crippen molar-refractivity contribution in [2.75, 3.05) is 17.2 Å². The molecule has 0 radical (unpaired) electrons. The lowest BCUT2D eigenvalue weighted by Gasteiger charge is -2.26. The number of nitrogens with one attached hydrogen (secondary N) is 5. The van der Waals surface area contributed by atoms with Crippen LogP contribution in [-0.2, 0) is 30.6 Å². The monoisotopic (exact) mass is 1340 g/mol. The van der Waals surface area contributed by atoms with Gasteiger partial charge in [-0.25, -0.2) is 13.5 Å². The van der Waals surface area contributed by atoms with Gasteiger partial charge in [0.05, 0.1) is 11.4 Å². The lowest BCUT2D eigenvalue weighted by Crippen LogP contribution is -2.50. The molecule has 2 aliphatic rings. The Labute approximate surface area is 558 Å². The normalized spacial score (nSPS) is 15.1. The number of benzene rings is 4. The van der Waals surface area contributed by atoms with Crippen LogP contribution in [-0.4, -0.2) is 90.8 Å². The molecule has 0 saturated heterocycles. The first kappa shape index (κ1) is 70.0. The van der Waals surface area contributed by atoms with E-state index in [9.17, 15) is 37.5 Å². The molecule has 5 N–H and O–H groups in total. The average molecular weight is 1340 g/mol. The second kappa shape index (κ2) is 28.7. The largest absolute Gasteiger partial charge is 0.360 e. The van der Waals surface area contributed by atoms with E-state index in [4.69, 9.17) is 33.0 Å². The van der Waals surface area contributed by atoms with Gasteiger partial charge in [-0.05, 0) is 192 Å². The number of H-pyrrole nitrogens is 1. The van der Waals surface area contributed by atoms with Crippen molar-refractivity contribution < 1.29 is 32.7 Å². The van der Waals surface area contributed by atoms with E-state index >= 15 is 0 Å². The van der Waals surface area contributed by atoms with Gasteiger partial charge in [0.15, 0.2) is 11.3 Å². The summed E-state index contributed by atoms with van der Waals surface area (Å²) in [5.41, 5.74) is 8.80. The number of carbonyl (C=O) groups excluding carboxylic acids is 4. The molecule has 4 aromatic carbocycles. The Bertz CT molecular complexity index is 4220. The van der Waals surface area contributed by atoms with E-state index in [-0.39, 0.29) is 48.9 Å². The maximum Gasteiger partial charge on any atom is 0.258 e. The van der Waals surface area contributed by atoms with Crippen molar-refractivity contribution in [1.82, 2.24) is 39.7 Å². The van der Waals surface area contributed by atoms with Crippen LogP contribution in [0.1, 0.15) is 125 Å². The molecule has 496 valence electrons. The van der Waals surface area contributed by atoms with Gasteiger partial charge in [0, 0.05) is 107 Å². The predicted octanol–water partition coefficient (Wildman–Crippen LogP) is 14.8. The van der Waals surface area contributed by atoms with Crippen LogP contribution < -0.4 is 32.4 Å². The highest BCUT2D eigenvalue weighted by molar-refractivity contribution is 6.76. The molecule has 4 atom stereocenters. The molecule has 2 saturated carbocycles. The maximum absolute atomic E-state index is 14.9. The number of hydrogen-bond acceptors (Lipinski definition) is 9. The smallest absolute Gasteiger partial charge is 0.258 e. The maximum atomic E-state index is 14.9. The third kappa shape index (κ3) is 16.4. The molecule has 2 aliphatic carbocycles. The second-order valence-corrected chi connectivity index (χ2v) is 33.2. The minimum Gasteiger partial charge on any atom is -0.360 e. The molecule has 17 nitrogen and oxygen atoms in total. The van der Waals surface area contributed by atoms with Gasteiger partial charge in [-0.1, -0.05) is 93.1 Å². The van der Waals surface area contributed by atoms with Crippen molar-refractivity contribution >= 4 is 66.3 Å². The number of amides is 4. The lowest BCUT2D eigenvalue weighted by atomic mass is 9.90. The number of rotatable bonds is 23. The van der Waals surface area contributed by atoms with Crippen LogP contribution in [0.2, 0.25) is 35.7 Å². The SMILES string of the molecule is Cc1n[nH]c(C)c1-c1ccc(NC(=O)[C@@H](NC(=O)C2(F)CC2)C(C)c2cc(-c3ccc(=O)n(C(C)C)c3)ccc2Cl)cc1.Cc1nn(COCC[Si](C)(C)C)c(C)c1-c1ccc(NC(=O)[C@@H](NC(=O)C2(F)CC2)C(C)c2cc(-c3ccc(=O)n(C(C)C)c3)ccc2Cl)cc1. The molecular formula is C72H84Cl2F2N10O7Si. The Morgan fingerprint density at radius 1 is 0.585 bits per heavy atom. The van der Waals surface area contributed by atoms with Crippen LogP contribution in [0.4, 0.5) is 20.2 Å². The van der Waals surface area contributed by atoms with Gasteiger partial charge in [-0.15, -0.1) is 0 Å². The summed E-state index contributed by atoms with van der Waals surface area (Å²) >= 11 is 13.3. The summed E-state index contributed by atoms with van der Waals surface area (Å²) in [6.07, 6.45) is 4.05. The molecule has 10 rings (SSSR count). The summed E-state index contributed by atoms with van der Waals surface area (Å²) < 4.78 is 40.7. The minimum absolute atomic E-state index is 0.0290. The molecule has 2 fully saturated rings. The van der Waals surface area contributed by atoms with Crippen molar-refractivity contribution in [3.8, 4) is 44.5 Å². The van der Waals surface area contributed by atoms with Gasteiger partial charge in [-0.2, -0.15) is 10.2 Å². The molecule has 22 heteroatoms. The quantitative estimate of drug-likeness (QED) is 0.0304. The average Bonchev–Trinajstić information content (AvgIpc) is 1.19. The van der Waals surface area contributed by atoms with Crippen molar-refractivity contribution in [2.45, 2.75) is 175 Å². The number of hydrogen-bond donors (Lipinski definition) is 5. The highest BCUT2D eigenvalue weighted by atomic mass is 35.5. The van der Waals surface area contributed by atoms with Crippen LogP contribution >= 0.6 is 23.2 Å². The number of aryl methyl sites for hydroxylation is 3. The van der Waals surface area contributed by atoms with Crippen molar-refractivity contribution in [3.63, 3.8) is 0 Å². The fourth-order valence-corrected chi connectivity index (χ4v) is 12.7. The van der Waals surface area contributed by atoms with Crippen LogP contribution in [0.5, 0.6) is 0 Å². The summed E-state index contributed by atoms with van der Waals surface area (Å²) in [4.78, 5) is 78.2. The van der Waals surface area contributed by atoms with E-state index in [0.717, 1.165) is 73.3 Å². The Morgan fingerprint density at radius 2 is 0.989 bits per heavy atom. The molecule has 4 heterocycles. The van der Waals surface area contributed by atoms with Gasteiger partial charge in [0.25, 0.3) is 22.9 Å². The molecule has 0 bridgehead atoms. The fourth-order valence-electron chi connectivity index (χ4n) is 11.3. The van der Waals surface area contributed by atoms with Gasteiger partial charge < -0.3 is 35.1 Å². The summed E-state index contributed by atoms with van der Waals surface area (Å²) in [5, 5.41) is 23.9. The molecule has 8 aromatic rings. The van der Waals surface area contributed by atoms with Crippen molar-refractivity contribution in [3.05, 3.63) is 186 Å². The molecule has 4 amide bonds. The van der Waals surface area contributed by atoms with Crippen LogP contribution in [0, 0.1) is 27.7 Å². The number of nitrogens with zero attached hydrogens (tertiary/aromatic N) is 5. The number of aromatic amines is 1. The van der Waals surface area contributed by atoms with Crippen LogP contribution in [0.3, 0.4) is 0 Å². The van der Waals surface area contributed by atoms with Crippen molar-refractivity contribution in [1.29, 1.82) is 0 Å². The minimum atomic E-state index is -1.98. The fraction of sp³-hybridized carbons (Fsp3) is 0.389. The highest BCUT2D eigenvalue weighted by Crippen LogP contribution is 2.42. The van der Waals surface area contributed by atoms with Gasteiger partial charge >= 0.3 is 0 Å². The summed E-state index contributed by atoms with van der Waals surface area (Å²) in [6.45, 7) is 27.2. The van der Waals surface area contributed by atoms with Crippen LogP contribution in [0.15, 0.2) is 131 Å². The van der Waals surface area contributed by atoms with Crippen LogP contribution in [0.25, 0.3) is 44.5 Å². The molecular weight excluding hydrogens is 1250 g/mol. The molecule has 2 unspecified atom stereocenters. The highest BCUT2D eigenvalue weighted by Gasteiger charge is 2.53. The third-order valence-corrected chi connectivity index (χ3v) is 20.0. The first-order chi connectivity index (χ1) is 44.3. The Morgan fingerprint density at radius 3 is 1.37 bits per heavy atom. The van der Waals surface area contributed by atoms with E-state index in [0.29, 0.717) is 45.9 Å². The summed E-state index contributed by atoms with van der Waals surface area (Å²) in [7, 11) is -1.19. The zero-order valence-corrected chi connectivity index (χ0v) is 58.1. The van der Waals surface area contributed by atoms with E-state index in [1.165, 1.54) is 12.1 Å². The number of anilines is 2. The molecule has 94 heavy (non-hydrogen) atoms. The Balaban J connectivity index is 0.000000224. The molecule has 4 aromatic heterocycles. The Hall–Kier alpha value is -8.30. The van der Waals surface area contributed by atoms with E-state index in [2.05, 4.69) is 51.1 Å².